The van der Waals surface area contributed by atoms with Gasteiger partial charge in [0.15, 0.2) is 9.84 Å². The predicted molar refractivity (Wildman–Crippen MR) is 73.6 cm³/mol. The highest BCUT2D eigenvalue weighted by atomic mass is 79.9. The quantitative estimate of drug-likeness (QED) is 0.410. The van der Waals surface area contributed by atoms with Crippen molar-refractivity contribution in [2.75, 3.05) is 0 Å². The van der Waals surface area contributed by atoms with Crippen LogP contribution in [-0.2, 0) is 21.3 Å². The molecule has 7 heteroatoms. The Morgan fingerprint density at radius 3 is 1.40 bits per heavy atom. The molecule has 0 aliphatic carbocycles. The number of benzene rings is 1. The summed E-state index contributed by atoms with van der Waals surface area (Å²) in [4.78, 5) is 0. The van der Waals surface area contributed by atoms with E-state index >= 15 is 0 Å². The molecule has 0 saturated carbocycles. The molecular formula is C8H4Br4O2S. The number of hydrogen-bond donors (Lipinski definition) is 0. The molecule has 0 N–H and O–H groups in total. The minimum atomic E-state index is -2.99. The van der Waals surface area contributed by atoms with Crippen LogP contribution in [-0.4, -0.2) is 8.42 Å². The van der Waals surface area contributed by atoms with E-state index in [-0.39, 0.29) is 11.5 Å². The van der Waals surface area contributed by atoms with Crippen LogP contribution in [0, 0.1) is 0 Å². The predicted octanol–water partition coefficient (Wildman–Crippen LogP) is 4.17. The van der Waals surface area contributed by atoms with Crippen LogP contribution < -0.4 is 0 Å². The van der Waals surface area contributed by atoms with Crippen molar-refractivity contribution >= 4 is 73.6 Å². The summed E-state index contributed by atoms with van der Waals surface area (Å²) in [6, 6.07) is 0. The van der Waals surface area contributed by atoms with Gasteiger partial charge in [-0.3, -0.25) is 0 Å². The number of rotatable bonds is 0. The molecule has 1 heterocycles. The average Bonchev–Trinajstić information content (AvgIpc) is 2.48. The van der Waals surface area contributed by atoms with Crippen LogP contribution in [0.25, 0.3) is 0 Å². The van der Waals surface area contributed by atoms with Gasteiger partial charge in [-0.05, 0) is 74.8 Å². The lowest BCUT2D eigenvalue weighted by Gasteiger charge is -2.09. The average molecular weight is 484 g/mol. The first kappa shape index (κ1) is 12.5. The van der Waals surface area contributed by atoms with Gasteiger partial charge in [0.2, 0.25) is 0 Å². The standard InChI is InChI=1S/C8H4Br4O2S/c9-5-3-1-15(13,14)2-4(3)6(10)8(12)7(5)11/h1-2H2. The van der Waals surface area contributed by atoms with Crippen LogP contribution in [0.1, 0.15) is 11.1 Å². The lowest BCUT2D eigenvalue weighted by Crippen LogP contribution is -1.95. The summed E-state index contributed by atoms with van der Waals surface area (Å²) in [6.45, 7) is 0. The van der Waals surface area contributed by atoms with Crippen molar-refractivity contribution in [1.29, 1.82) is 0 Å². The highest BCUT2D eigenvalue weighted by Gasteiger charge is 2.31. The molecule has 1 aromatic rings. The molecule has 15 heavy (non-hydrogen) atoms. The minimum Gasteiger partial charge on any atom is -0.228 e. The third kappa shape index (κ3) is 2.10. The molecule has 0 saturated heterocycles. The Hall–Kier alpha value is 1.09. The first-order valence-electron chi connectivity index (χ1n) is 3.87. The van der Waals surface area contributed by atoms with E-state index in [1.807, 2.05) is 0 Å². The second-order valence-corrected chi connectivity index (χ2v) is 8.48. The minimum absolute atomic E-state index is 0.105. The Kier molecular flexibility index (Phi) is 3.41. The van der Waals surface area contributed by atoms with Crippen LogP contribution in [0.15, 0.2) is 17.9 Å². The molecule has 0 aromatic heterocycles. The molecular weight excluding hydrogens is 480 g/mol. The Labute approximate surface area is 121 Å². The van der Waals surface area contributed by atoms with Crippen molar-refractivity contribution in [1.82, 2.24) is 0 Å². The van der Waals surface area contributed by atoms with E-state index in [0.29, 0.717) is 0 Å². The van der Waals surface area contributed by atoms with Gasteiger partial charge in [-0.25, -0.2) is 8.42 Å². The summed E-state index contributed by atoms with van der Waals surface area (Å²) in [6.07, 6.45) is 0. The summed E-state index contributed by atoms with van der Waals surface area (Å²) in [5, 5.41) is 0. The van der Waals surface area contributed by atoms with Gasteiger partial charge in [0.25, 0.3) is 0 Å². The fraction of sp³-hybridized carbons (Fsp3) is 0.250. The Bertz CT molecular complexity index is 507. The second kappa shape index (κ2) is 4.08. The molecule has 82 valence electrons. The summed E-state index contributed by atoms with van der Waals surface area (Å²) in [7, 11) is -2.99. The Balaban J connectivity index is 2.80. The van der Waals surface area contributed by atoms with E-state index in [1.165, 1.54) is 0 Å². The summed E-state index contributed by atoms with van der Waals surface area (Å²) >= 11 is 13.6. The van der Waals surface area contributed by atoms with Crippen molar-refractivity contribution in [3.8, 4) is 0 Å². The number of sulfone groups is 1. The van der Waals surface area contributed by atoms with Gasteiger partial charge in [0.05, 0.1) is 11.5 Å². The second-order valence-electron chi connectivity index (χ2n) is 3.25. The summed E-state index contributed by atoms with van der Waals surface area (Å²) in [5.74, 6) is 0.209. The van der Waals surface area contributed by atoms with Gasteiger partial charge in [0.1, 0.15) is 0 Å². The van der Waals surface area contributed by atoms with Crippen LogP contribution in [0.2, 0.25) is 0 Å². The maximum absolute atomic E-state index is 11.5. The fourth-order valence-corrected chi connectivity index (χ4v) is 6.07. The van der Waals surface area contributed by atoms with Crippen LogP contribution in [0.4, 0.5) is 0 Å². The van der Waals surface area contributed by atoms with E-state index in [2.05, 4.69) is 63.7 Å². The van der Waals surface area contributed by atoms with Gasteiger partial charge >= 0.3 is 0 Å². The molecule has 0 fully saturated rings. The summed E-state index contributed by atoms with van der Waals surface area (Å²) in [5.41, 5.74) is 1.69. The first-order chi connectivity index (χ1) is 6.83. The molecule has 1 aromatic carbocycles. The molecule has 0 amide bonds. The Morgan fingerprint density at radius 1 is 0.733 bits per heavy atom. The molecule has 0 spiro atoms. The number of fused-ring (bicyclic) bond motifs is 1. The first-order valence-corrected chi connectivity index (χ1v) is 8.87. The zero-order valence-corrected chi connectivity index (χ0v) is 14.3. The number of hydrogen-bond acceptors (Lipinski definition) is 2. The van der Waals surface area contributed by atoms with Crippen LogP contribution >= 0.6 is 63.7 Å². The van der Waals surface area contributed by atoms with E-state index in [0.717, 1.165) is 29.0 Å². The van der Waals surface area contributed by atoms with Crippen molar-refractivity contribution in [3.05, 3.63) is 29.0 Å². The SMILES string of the molecule is O=S1(=O)Cc2c(Br)c(Br)c(Br)c(Br)c2C1. The molecule has 1 aliphatic heterocycles. The van der Waals surface area contributed by atoms with Crippen molar-refractivity contribution in [3.63, 3.8) is 0 Å². The molecule has 0 radical (unpaired) electrons. The van der Waals surface area contributed by atoms with Gasteiger partial charge in [-0.2, -0.15) is 0 Å². The maximum atomic E-state index is 11.5. The molecule has 0 unspecified atom stereocenters. The van der Waals surface area contributed by atoms with Gasteiger partial charge in [-0.15, -0.1) is 0 Å². The van der Waals surface area contributed by atoms with Crippen molar-refractivity contribution in [2.24, 2.45) is 0 Å². The normalized spacial score (nSPS) is 17.9. The maximum Gasteiger partial charge on any atom is 0.158 e. The molecule has 2 rings (SSSR count). The van der Waals surface area contributed by atoms with Gasteiger partial charge in [-0.1, -0.05) is 0 Å². The van der Waals surface area contributed by atoms with E-state index in [4.69, 9.17) is 0 Å². The largest absolute Gasteiger partial charge is 0.228 e. The van der Waals surface area contributed by atoms with Crippen molar-refractivity contribution in [2.45, 2.75) is 11.5 Å². The van der Waals surface area contributed by atoms with E-state index < -0.39 is 9.84 Å². The van der Waals surface area contributed by atoms with Crippen molar-refractivity contribution < 1.29 is 8.42 Å². The van der Waals surface area contributed by atoms with Gasteiger partial charge in [0, 0.05) is 17.9 Å². The monoisotopic (exact) mass is 480 g/mol. The third-order valence-electron chi connectivity index (χ3n) is 2.20. The fourth-order valence-electron chi connectivity index (χ4n) is 1.51. The zero-order chi connectivity index (χ0) is 11.4. The number of halogens is 4. The molecule has 2 nitrogen and oxygen atoms in total. The third-order valence-corrected chi connectivity index (χ3v) is 8.59. The zero-order valence-electron chi connectivity index (χ0n) is 7.15. The van der Waals surface area contributed by atoms with Crippen LogP contribution in [0.3, 0.4) is 0 Å². The van der Waals surface area contributed by atoms with Crippen LogP contribution in [0.5, 0.6) is 0 Å². The summed E-state index contributed by atoms with van der Waals surface area (Å²) < 4.78 is 26.4. The smallest absolute Gasteiger partial charge is 0.158 e. The van der Waals surface area contributed by atoms with E-state index in [9.17, 15) is 8.42 Å². The lowest BCUT2D eigenvalue weighted by atomic mass is 10.1. The van der Waals surface area contributed by atoms with Gasteiger partial charge < -0.3 is 0 Å². The topological polar surface area (TPSA) is 34.1 Å². The Morgan fingerprint density at radius 2 is 1.07 bits per heavy atom. The molecule has 1 aliphatic rings. The lowest BCUT2D eigenvalue weighted by molar-refractivity contribution is 0.598. The molecule has 0 atom stereocenters. The highest BCUT2D eigenvalue weighted by Crippen LogP contribution is 2.45. The highest BCUT2D eigenvalue weighted by molar-refractivity contribution is 9.15. The van der Waals surface area contributed by atoms with E-state index in [1.54, 1.807) is 0 Å². The molecule has 0 bridgehead atoms.